The van der Waals surface area contributed by atoms with Crippen molar-refractivity contribution in [3.05, 3.63) is 0 Å². The predicted octanol–water partition coefficient (Wildman–Crippen LogP) is -0.171. The van der Waals surface area contributed by atoms with Crippen LogP contribution in [0.3, 0.4) is 0 Å². The van der Waals surface area contributed by atoms with Crippen LogP contribution in [-0.4, -0.2) is 43.7 Å². The maximum Gasteiger partial charge on any atom is 0.229 e. The average molecular weight is 186 g/mol. The maximum atomic E-state index is 11.7. The Balaban J connectivity index is 2.53. The standard InChI is InChI=1S/C9H18N2O2/c1-3-11(2)9(12)7-6-13-5-4-8(7)10/h7-8H,3-6,10H2,1-2H3. The Kier molecular flexibility index (Phi) is 3.69. The van der Waals surface area contributed by atoms with E-state index in [9.17, 15) is 4.79 Å². The molecular formula is C9H18N2O2. The molecule has 0 aromatic heterocycles. The van der Waals surface area contributed by atoms with Crippen LogP contribution in [0.1, 0.15) is 13.3 Å². The molecule has 4 heteroatoms. The monoisotopic (exact) mass is 186 g/mol. The average Bonchev–Trinajstić information content (AvgIpc) is 2.16. The second-order valence-electron chi connectivity index (χ2n) is 3.49. The Morgan fingerprint density at radius 2 is 2.38 bits per heavy atom. The number of carbonyl (C=O) groups is 1. The van der Waals surface area contributed by atoms with Crippen molar-refractivity contribution in [1.29, 1.82) is 0 Å². The van der Waals surface area contributed by atoms with E-state index in [2.05, 4.69) is 0 Å². The van der Waals surface area contributed by atoms with Gasteiger partial charge >= 0.3 is 0 Å². The van der Waals surface area contributed by atoms with Crippen molar-refractivity contribution in [2.24, 2.45) is 11.7 Å². The Bertz CT molecular complexity index is 184. The Morgan fingerprint density at radius 1 is 1.69 bits per heavy atom. The van der Waals surface area contributed by atoms with Crippen LogP contribution >= 0.6 is 0 Å². The molecule has 1 rings (SSSR count). The van der Waals surface area contributed by atoms with Gasteiger partial charge in [-0.3, -0.25) is 4.79 Å². The van der Waals surface area contributed by atoms with Gasteiger partial charge in [0.25, 0.3) is 0 Å². The summed E-state index contributed by atoms with van der Waals surface area (Å²) >= 11 is 0. The van der Waals surface area contributed by atoms with Gasteiger partial charge in [-0.1, -0.05) is 0 Å². The third-order valence-corrected chi connectivity index (χ3v) is 2.58. The minimum absolute atomic E-state index is 0.0322. The van der Waals surface area contributed by atoms with Crippen LogP contribution in [0, 0.1) is 5.92 Å². The van der Waals surface area contributed by atoms with Gasteiger partial charge in [-0.25, -0.2) is 0 Å². The van der Waals surface area contributed by atoms with Crippen molar-refractivity contribution in [3.8, 4) is 0 Å². The van der Waals surface area contributed by atoms with Gasteiger partial charge in [0.05, 0.1) is 12.5 Å². The Morgan fingerprint density at radius 3 is 2.92 bits per heavy atom. The molecule has 13 heavy (non-hydrogen) atoms. The summed E-state index contributed by atoms with van der Waals surface area (Å²) in [4.78, 5) is 13.4. The predicted molar refractivity (Wildman–Crippen MR) is 50.2 cm³/mol. The lowest BCUT2D eigenvalue weighted by molar-refractivity contribution is -0.139. The van der Waals surface area contributed by atoms with Gasteiger partial charge in [0, 0.05) is 26.2 Å². The second kappa shape index (κ2) is 4.58. The molecule has 2 unspecified atom stereocenters. The first-order valence-electron chi connectivity index (χ1n) is 4.75. The Hall–Kier alpha value is -0.610. The summed E-state index contributed by atoms with van der Waals surface area (Å²) in [5.74, 6) is -0.0339. The first-order valence-corrected chi connectivity index (χ1v) is 4.75. The molecule has 0 bridgehead atoms. The number of nitrogens with two attached hydrogens (primary N) is 1. The first-order chi connectivity index (χ1) is 6.16. The zero-order valence-electron chi connectivity index (χ0n) is 8.32. The summed E-state index contributed by atoms with van der Waals surface area (Å²) in [6, 6.07) is -0.0322. The molecule has 1 amide bonds. The van der Waals surface area contributed by atoms with Crippen molar-refractivity contribution >= 4 is 5.91 Å². The fourth-order valence-corrected chi connectivity index (χ4v) is 1.45. The smallest absolute Gasteiger partial charge is 0.229 e. The first kappa shape index (κ1) is 10.5. The summed E-state index contributed by atoms with van der Waals surface area (Å²) in [5.41, 5.74) is 5.84. The molecule has 2 N–H and O–H groups in total. The molecule has 1 heterocycles. The van der Waals surface area contributed by atoms with Crippen LogP contribution < -0.4 is 5.73 Å². The van der Waals surface area contributed by atoms with E-state index in [4.69, 9.17) is 10.5 Å². The van der Waals surface area contributed by atoms with E-state index in [1.807, 2.05) is 6.92 Å². The molecule has 4 nitrogen and oxygen atoms in total. The molecule has 0 radical (unpaired) electrons. The zero-order valence-corrected chi connectivity index (χ0v) is 8.32. The van der Waals surface area contributed by atoms with Gasteiger partial charge < -0.3 is 15.4 Å². The highest BCUT2D eigenvalue weighted by atomic mass is 16.5. The van der Waals surface area contributed by atoms with E-state index in [0.717, 1.165) is 13.0 Å². The second-order valence-corrected chi connectivity index (χ2v) is 3.49. The minimum atomic E-state index is -0.140. The molecule has 0 saturated carbocycles. The van der Waals surface area contributed by atoms with Gasteiger partial charge in [0.15, 0.2) is 0 Å². The summed E-state index contributed by atoms with van der Waals surface area (Å²) in [6.45, 7) is 3.83. The van der Waals surface area contributed by atoms with Crippen LogP contribution in [0.2, 0.25) is 0 Å². The van der Waals surface area contributed by atoms with E-state index in [1.165, 1.54) is 0 Å². The lowest BCUT2D eigenvalue weighted by Crippen LogP contribution is -2.48. The van der Waals surface area contributed by atoms with Crippen molar-refractivity contribution in [2.45, 2.75) is 19.4 Å². The highest BCUT2D eigenvalue weighted by Crippen LogP contribution is 2.14. The van der Waals surface area contributed by atoms with E-state index >= 15 is 0 Å². The molecule has 0 aromatic carbocycles. The van der Waals surface area contributed by atoms with Gasteiger partial charge in [0.1, 0.15) is 0 Å². The summed E-state index contributed by atoms with van der Waals surface area (Å²) in [7, 11) is 1.80. The van der Waals surface area contributed by atoms with Crippen molar-refractivity contribution in [1.82, 2.24) is 4.90 Å². The fraction of sp³-hybridized carbons (Fsp3) is 0.889. The lowest BCUT2D eigenvalue weighted by Gasteiger charge is -2.30. The molecule has 0 aliphatic carbocycles. The van der Waals surface area contributed by atoms with Gasteiger partial charge in [-0.05, 0) is 13.3 Å². The number of ether oxygens (including phenoxy) is 1. The highest BCUT2D eigenvalue weighted by Gasteiger charge is 2.30. The van der Waals surface area contributed by atoms with Crippen molar-refractivity contribution in [3.63, 3.8) is 0 Å². The number of rotatable bonds is 2. The van der Waals surface area contributed by atoms with Gasteiger partial charge in [-0.2, -0.15) is 0 Å². The summed E-state index contributed by atoms with van der Waals surface area (Å²) < 4.78 is 5.24. The molecule has 1 saturated heterocycles. The van der Waals surface area contributed by atoms with Crippen molar-refractivity contribution in [2.75, 3.05) is 26.8 Å². The topological polar surface area (TPSA) is 55.6 Å². The molecule has 0 spiro atoms. The highest BCUT2D eigenvalue weighted by molar-refractivity contribution is 5.79. The van der Waals surface area contributed by atoms with E-state index in [0.29, 0.717) is 13.2 Å². The third-order valence-electron chi connectivity index (χ3n) is 2.58. The van der Waals surface area contributed by atoms with Crippen molar-refractivity contribution < 1.29 is 9.53 Å². The fourth-order valence-electron chi connectivity index (χ4n) is 1.45. The number of hydrogen-bond donors (Lipinski definition) is 1. The summed E-state index contributed by atoms with van der Waals surface area (Å²) in [5, 5.41) is 0. The normalized spacial score (nSPS) is 28.5. The number of hydrogen-bond acceptors (Lipinski definition) is 3. The third kappa shape index (κ3) is 2.42. The zero-order chi connectivity index (χ0) is 9.84. The van der Waals surface area contributed by atoms with E-state index in [1.54, 1.807) is 11.9 Å². The maximum absolute atomic E-state index is 11.7. The van der Waals surface area contributed by atoms with Crippen LogP contribution in [0.4, 0.5) is 0 Å². The molecule has 76 valence electrons. The van der Waals surface area contributed by atoms with E-state index in [-0.39, 0.29) is 17.9 Å². The Labute approximate surface area is 79.0 Å². The quantitative estimate of drug-likeness (QED) is 0.651. The van der Waals surface area contributed by atoms with E-state index < -0.39 is 0 Å². The summed E-state index contributed by atoms with van der Waals surface area (Å²) in [6.07, 6.45) is 0.786. The SMILES string of the molecule is CCN(C)C(=O)C1COCCC1N. The van der Waals surface area contributed by atoms with Crippen LogP contribution in [0.15, 0.2) is 0 Å². The molecule has 0 aromatic rings. The number of carbonyl (C=O) groups excluding carboxylic acids is 1. The minimum Gasteiger partial charge on any atom is -0.381 e. The molecule has 1 fully saturated rings. The molecule has 1 aliphatic rings. The van der Waals surface area contributed by atoms with Gasteiger partial charge in [-0.15, -0.1) is 0 Å². The largest absolute Gasteiger partial charge is 0.381 e. The molecular weight excluding hydrogens is 168 g/mol. The van der Waals surface area contributed by atoms with Gasteiger partial charge in [0.2, 0.25) is 5.91 Å². The van der Waals surface area contributed by atoms with Crippen LogP contribution in [-0.2, 0) is 9.53 Å². The number of nitrogens with zero attached hydrogens (tertiary/aromatic N) is 1. The molecule has 1 aliphatic heterocycles. The molecule has 2 atom stereocenters. The number of amides is 1. The lowest BCUT2D eigenvalue weighted by atomic mass is 9.95. The van der Waals surface area contributed by atoms with Crippen LogP contribution in [0.5, 0.6) is 0 Å². The van der Waals surface area contributed by atoms with Crippen LogP contribution in [0.25, 0.3) is 0 Å².